The molecule has 2 atom stereocenters. The average molecular weight is 587 g/mol. The van der Waals surface area contributed by atoms with E-state index in [1.807, 2.05) is 18.0 Å². The highest BCUT2D eigenvalue weighted by atomic mass is 19.3. The van der Waals surface area contributed by atoms with Crippen molar-refractivity contribution in [3.63, 3.8) is 0 Å². The number of carbonyl (C=O) groups is 1. The van der Waals surface area contributed by atoms with E-state index in [0.29, 0.717) is 74.6 Å². The molecule has 0 radical (unpaired) electrons. The summed E-state index contributed by atoms with van der Waals surface area (Å²) in [5, 5.41) is 3.81. The number of ether oxygens (including phenoxy) is 2. The van der Waals surface area contributed by atoms with Crippen LogP contribution in [0, 0.1) is 12.7 Å². The molecule has 2 aliphatic rings. The number of morpholine rings is 1. The molecule has 2 saturated heterocycles. The second kappa shape index (κ2) is 12.0. The minimum atomic E-state index is -3.31. The summed E-state index contributed by atoms with van der Waals surface area (Å²) in [6, 6.07) is 5.26. The maximum atomic E-state index is 15.1. The van der Waals surface area contributed by atoms with Gasteiger partial charge >= 0.3 is 0 Å². The van der Waals surface area contributed by atoms with Crippen LogP contribution in [0.15, 0.2) is 24.3 Å². The van der Waals surface area contributed by atoms with Gasteiger partial charge in [0.05, 0.1) is 30.7 Å². The molecule has 12 heteroatoms. The number of likely N-dealkylation sites (N-methyl/N-ethyl adjacent to an activating group) is 1. The van der Waals surface area contributed by atoms with E-state index in [4.69, 9.17) is 9.47 Å². The van der Waals surface area contributed by atoms with E-state index >= 15 is 4.39 Å². The van der Waals surface area contributed by atoms with Crippen LogP contribution in [-0.2, 0) is 15.5 Å². The van der Waals surface area contributed by atoms with Gasteiger partial charge in [-0.25, -0.2) is 23.1 Å². The standard InChI is InChI=1S/C30H37F3N6O3/c1-17(20-7-6-8-23(25(20)31)30(3,32)33)34-26-22-15-21(28(41-5)37-27(22)36-18(2)35-26)19-9-11-39(12-10-19)29(40)24-16-38(4)13-14-42-24/h6-8,15,17,19,24H,9-14,16H2,1-5H3,(H,34,35,36,37)/t17-,24?/m1/s1. The SMILES string of the molecule is COc1nc2nc(C)nc(N[C@H](C)c3cccc(C(C)(F)F)c3F)c2cc1C1CCN(C(=O)C2CN(C)CCO2)CC1. The number of piperidine rings is 1. The maximum Gasteiger partial charge on any atom is 0.273 e. The summed E-state index contributed by atoms with van der Waals surface area (Å²) in [5.74, 6) is -2.86. The molecule has 2 fully saturated rings. The van der Waals surface area contributed by atoms with Crippen molar-refractivity contribution >= 4 is 22.8 Å². The number of carbonyl (C=O) groups excluding carboxylic acids is 1. The number of methoxy groups -OCH3 is 1. The first-order chi connectivity index (χ1) is 20.0. The zero-order chi connectivity index (χ0) is 30.2. The molecule has 0 bridgehead atoms. The molecule has 2 aromatic heterocycles. The van der Waals surface area contributed by atoms with Gasteiger partial charge in [-0.05, 0) is 45.7 Å². The molecule has 1 aromatic carbocycles. The van der Waals surface area contributed by atoms with Crippen molar-refractivity contribution in [1.29, 1.82) is 0 Å². The van der Waals surface area contributed by atoms with Gasteiger partial charge < -0.3 is 24.6 Å². The van der Waals surface area contributed by atoms with Crippen molar-refractivity contribution in [2.45, 2.75) is 57.6 Å². The number of likely N-dealkylation sites (tertiary alicyclic amines) is 1. The van der Waals surface area contributed by atoms with Crippen LogP contribution in [0.1, 0.15) is 61.2 Å². The Bertz CT molecular complexity index is 1460. The summed E-state index contributed by atoms with van der Waals surface area (Å²) in [5.41, 5.74) is 0.717. The summed E-state index contributed by atoms with van der Waals surface area (Å²) in [4.78, 5) is 30.8. The Morgan fingerprint density at radius 2 is 1.93 bits per heavy atom. The third kappa shape index (κ3) is 6.14. The fourth-order valence-corrected chi connectivity index (χ4v) is 5.78. The molecule has 0 aliphatic carbocycles. The van der Waals surface area contributed by atoms with Crippen LogP contribution in [0.3, 0.4) is 0 Å². The Balaban J connectivity index is 1.40. The van der Waals surface area contributed by atoms with Crippen molar-refractivity contribution in [3.05, 3.63) is 52.6 Å². The number of aryl methyl sites for hydroxylation is 1. The second-order valence-electron chi connectivity index (χ2n) is 11.3. The van der Waals surface area contributed by atoms with Gasteiger partial charge in [0.15, 0.2) is 5.65 Å². The zero-order valence-electron chi connectivity index (χ0n) is 24.6. The maximum absolute atomic E-state index is 15.1. The molecule has 0 spiro atoms. The Morgan fingerprint density at radius 1 is 1.19 bits per heavy atom. The molecule has 0 saturated carbocycles. The van der Waals surface area contributed by atoms with Crippen molar-refractivity contribution in [2.24, 2.45) is 0 Å². The van der Waals surface area contributed by atoms with Gasteiger partial charge in [0, 0.05) is 44.2 Å². The van der Waals surface area contributed by atoms with Crippen molar-refractivity contribution in [1.82, 2.24) is 24.8 Å². The van der Waals surface area contributed by atoms with E-state index in [0.717, 1.165) is 18.2 Å². The van der Waals surface area contributed by atoms with E-state index in [1.54, 1.807) is 21.0 Å². The molecule has 4 heterocycles. The average Bonchev–Trinajstić information content (AvgIpc) is 2.95. The molecule has 5 rings (SSSR count). The van der Waals surface area contributed by atoms with Crippen molar-refractivity contribution < 1.29 is 27.4 Å². The van der Waals surface area contributed by atoms with Crippen LogP contribution in [-0.4, -0.2) is 83.7 Å². The van der Waals surface area contributed by atoms with Gasteiger partial charge in [-0.1, -0.05) is 18.2 Å². The summed E-state index contributed by atoms with van der Waals surface area (Å²) in [7, 11) is 3.54. The first-order valence-corrected chi connectivity index (χ1v) is 14.2. The number of fused-ring (bicyclic) bond motifs is 1. The quantitative estimate of drug-likeness (QED) is 0.422. The number of anilines is 1. The largest absolute Gasteiger partial charge is 0.481 e. The fraction of sp³-hybridized carbons (Fsp3) is 0.533. The van der Waals surface area contributed by atoms with Gasteiger partial charge in [0.2, 0.25) is 5.88 Å². The lowest BCUT2D eigenvalue weighted by molar-refractivity contribution is -0.149. The number of hydrogen-bond acceptors (Lipinski definition) is 8. The smallest absolute Gasteiger partial charge is 0.273 e. The molecule has 226 valence electrons. The number of alkyl halides is 2. The van der Waals surface area contributed by atoms with Gasteiger partial charge in [0.1, 0.15) is 23.6 Å². The van der Waals surface area contributed by atoms with E-state index in [2.05, 4.69) is 25.2 Å². The number of hydrogen-bond donors (Lipinski definition) is 1. The molecular weight excluding hydrogens is 549 g/mol. The van der Waals surface area contributed by atoms with Crippen LogP contribution in [0.25, 0.3) is 11.0 Å². The van der Waals surface area contributed by atoms with Crippen molar-refractivity contribution in [2.75, 3.05) is 52.3 Å². The lowest BCUT2D eigenvalue weighted by Crippen LogP contribution is -2.51. The summed E-state index contributed by atoms with van der Waals surface area (Å²) in [6.07, 6.45) is 0.988. The molecule has 9 nitrogen and oxygen atoms in total. The topological polar surface area (TPSA) is 92.7 Å². The van der Waals surface area contributed by atoms with Crippen LogP contribution >= 0.6 is 0 Å². The van der Waals surface area contributed by atoms with Gasteiger partial charge in [-0.2, -0.15) is 4.98 Å². The van der Waals surface area contributed by atoms with Crippen LogP contribution in [0.4, 0.5) is 19.0 Å². The predicted octanol–water partition coefficient (Wildman–Crippen LogP) is 4.80. The number of amides is 1. The predicted molar refractivity (Wildman–Crippen MR) is 152 cm³/mol. The van der Waals surface area contributed by atoms with E-state index in [-0.39, 0.29) is 17.4 Å². The number of aromatic nitrogens is 3. The second-order valence-corrected chi connectivity index (χ2v) is 11.3. The number of benzene rings is 1. The number of rotatable bonds is 7. The third-order valence-electron chi connectivity index (χ3n) is 8.10. The fourth-order valence-electron chi connectivity index (χ4n) is 5.78. The Hall–Kier alpha value is -3.51. The first-order valence-electron chi connectivity index (χ1n) is 14.2. The molecule has 1 N–H and O–H groups in total. The normalized spacial score (nSPS) is 19.6. The van der Waals surface area contributed by atoms with E-state index in [9.17, 15) is 13.6 Å². The summed E-state index contributed by atoms with van der Waals surface area (Å²) >= 11 is 0. The Labute approximate surface area is 243 Å². The van der Waals surface area contributed by atoms with Gasteiger partial charge in [-0.3, -0.25) is 4.79 Å². The minimum Gasteiger partial charge on any atom is -0.481 e. The lowest BCUT2D eigenvalue weighted by Gasteiger charge is -2.37. The van der Waals surface area contributed by atoms with Crippen LogP contribution in [0.5, 0.6) is 5.88 Å². The van der Waals surface area contributed by atoms with Gasteiger partial charge in [-0.15, -0.1) is 0 Å². The van der Waals surface area contributed by atoms with Gasteiger partial charge in [0.25, 0.3) is 11.8 Å². The van der Waals surface area contributed by atoms with Crippen LogP contribution in [0.2, 0.25) is 0 Å². The summed E-state index contributed by atoms with van der Waals surface area (Å²) in [6.45, 7) is 7.20. The lowest BCUT2D eigenvalue weighted by atomic mass is 9.89. The molecular formula is C30H37F3N6O3. The molecule has 42 heavy (non-hydrogen) atoms. The Morgan fingerprint density at radius 3 is 2.60 bits per heavy atom. The molecule has 2 aliphatic heterocycles. The zero-order valence-corrected chi connectivity index (χ0v) is 24.6. The van der Waals surface area contributed by atoms with Crippen molar-refractivity contribution in [3.8, 4) is 5.88 Å². The number of pyridine rings is 1. The summed E-state index contributed by atoms with van der Waals surface area (Å²) < 4.78 is 54.5. The van der Waals surface area contributed by atoms with Crippen LogP contribution < -0.4 is 10.1 Å². The molecule has 1 amide bonds. The van der Waals surface area contributed by atoms with E-state index in [1.165, 1.54) is 12.1 Å². The Kier molecular flexibility index (Phi) is 8.56. The monoisotopic (exact) mass is 586 g/mol. The third-order valence-corrected chi connectivity index (χ3v) is 8.10. The number of halogens is 3. The molecule has 3 aromatic rings. The van der Waals surface area contributed by atoms with E-state index < -0.39 is 29.4 Å². The highest BCUT2D eigenvalue weighted by Crippen LogP contribution is 2.38. The minimum absolute atomic E-state index is 0.0186. The molecule has 1 unspecified atom stereocenters. The highest BCUT2D eigenvalue weighted by molar-refractivity contribution is 5.88. The highest BCUT2D eigenvalue weighted by Gasteiger charge is 2.33. The number of nitrogens with zero attached hydrogens (tertiary/aromatic N) is 5. The number of nitrogens with one attached hydrogen (secondary N) is 1. The first kappa shape index (κ1) is 30.0.